The normalized spacial score (nSPS) is 11.2. The van der Waals surface area contributed by atoms with Crippen molar-refractivity contribution in [2.45, 2.75) is 13.8 Å². The van der Waals surface area contributed by atoms with Crippen molar-refractivity contribution in [3.8, 4) is 0 Å². The predicted molar refractivity (Wildman–Crippen MR) is 103 cm³/mol. The van der Waals surface area contributed by atoms with Crippen molar-refractivity contribution >= 4 is 23.2 Å². The SMILES string of the molecule is Cc1nnn(N=C(OC(=O)c2cccc([N+](=O)[O-])c2)c2cccc([N+](=O)[O-])c2)c1C. The number of aryl methyl sites for hydroxylation is 1. The summed E-state index contributed by atoms with van der Waals surface area (Å²) in [5.41, 5.74) is 0.662. The molecular formula is C18H14N6O6. The number of nitrogens with zero attached hydrogens (tertiary/aromatic N) is 6. The van der Waals surface area contributed by atoms with Crippen molar-refractivity contribution in [2.24, 2.45) is 5.10 Å². The highest BCUT2D eigenvalue weighted by atomic mass is 16.6. The minimum atomic E-state index is -0.932. The summed E-state index contributed by atoms with van der Waals surface area (Å²) in [6.45, 7) is 3.39. The number of carbonyl (C=O) groups excluding carboxylic acids is 1. The molecule has 0 spiro atoms. The molecule has 0 saturated carbocycles. The minimum absolute atomic E-state index is 0.0891. The number of aromatic nitrogens is 3. The Morgan fingerprint density at radius 2 is 1.57 bits per heavy atom. The summed E-state index contributed by atoms with van der Waals surface area (Å²) in [5.74, 6) is -1.22. The second kappa shape index (κ2) is 8.26. The molecule has 0 fully saturated rings. The fraction of sp³-hybridized carbons (Fsp3) is 0.111. The van der Waals surface area contributed by atoms with Gasteiger partial charge in [-0.2, -0.15) is 0 Å². The molecule has 3 rings (SSSR count). The Labute approximate surface area is 168 Å². The maximum Gasteiger partial charge on any atom is 0.345 e. The van der Waals surface area contributed by atoms with Gasteiger partial charge in [-0.05, 0) is 31.2 Å². The number of nitro groups is 2. The Hall–Kier alpha value is -4.48. The van der Waals surface area contributed by atoms with Crippen LogP contribution in [0.1, 0.15) is 27.3 Å². The van der Waals surface area contributed by atoms with Gasteiger partial charge >= 0.3 is 5.97 Å². The maximum absolute atomic E-state index is 12.6. The van der Waals surface area contributed by atoms with Crippen LogP contribution < -0.4 is 0 Å². The van der Waals surface area contributed by atoms with Gasteiger partial charge < -0.3 is 4.74 Å². The Kier molecular flexibility index (Phi) is 5.58. The Bertz CT molecular complexity index is 1190. The first kappa shape index (κ1) is 20.3. The molecular weight excluding hydrogens is 396 g/mol. The summed E-state index contributed by atoms with van der Waals surface area (Å²) in [5, 5.41) is 33.9. The fourth-order valence-corrected chi connectivity index (χ4v) is 2.36. The third-order valence-corrected chi connectivity index (χ3v) is 4.07. The van der Waals surface area contributed by atoms with Crippen molar-refractivity contribution in [3.63, 3.8) is 0 Å². The molecule has 152 valence electrons. The third-order valence-electron chi connectivity index (χ3n) is 4.07. The predicted octanol–water partition coefficient (Wildman–Crippen LogP) is 2.78. The van der Waals surface area contributed by atoms with Gasteiger partial charge in [-0.25, -0.2) is 4.79 Å². The van der Waals surface area contributed by atoms with Gasteiger partial charge in [0.25, 0.3) is 11.4 Å². The lowest BCUT2D eigenvalue weighted by Crippen LogP contribution is -2.16. The molecule has 2 aromatic carbocycles. The van der Waals surface area contributed by atoms with Gasteiger partial charge in [-0.3, -0.25) is 20.2 Å². The van der Waals surface area contributed by atoms with Crippen molar-refractivity contribution in [3.05, 3.63) is 91.3 Å². The summed E-state index contributed by atoms with van der Waals surface area (Å²) in [6.07, 6.45) is 0. The smallest absolute Gasteiger partial charge is 0.345 e. The van der Waals surface area contributed by atoms with Gasteiger partial charge in [-0.1, -0.05) is 12.1 Å². The molecule has 0 saturated heterocycles. The summed E-state index contributed by atoms with van der Waals surface area (Å²) < 4.78 is 5.34. The average Bonchev–Trinajstić information content (AvgIpc) is 3.05. The minimum Gasteiger partial charge on any atom is -0.402 e. The van der Waals surface area contributed by atoms with E-state index in [1.54, 1.807) is 13.8 Å². The van der Waals surface area contributed by atoms with E-state index in [2.05, 4.69) is 15.4 Å². The van der Waals surface area contributed by atoms with Crippen LogP contribution in [0.2, 0.25) is 0 Å². The number of rotatable bonds is 5. The van der Waals surface area contributed by atoms with E-state index in [4.69, 9.17) is 4.74 Å². The zero-order chi connectivity index (χ0) is 21.8. The summed E-state index contributed by atoms with van der Waals surface area (Å²) in [7, 11) is 0. The van der Waals surface area contributed by atoms with Crippen LogP contribution in [0.5, 0.6) is 0 Å². The van der Waals surface area contributed by atoms with Crippen LogP contribution >= 0.6 is 0 Å². The quantitative estimate of drug-likeness (QED) is 0.204. The number of benzene rings is 2. The Morgan fingerprint density at radius 3 is 2.10 bits per heavy atom. The van der Waals surface area contributed by atoms with Crippen molar-refractivity contribution in [1.29, 1.82) is 0 Å². The van der Waals surface area contributed by atoms with E-state index in [9.17, 15) is 25.0 Å². The largest absolute Gasteiger partial charge is 0.402 e. The second-order valence-electron chi connectivity index (χ2n) is 6.06. The van der Waals surface area contributed by atoms with E-state index >= 15 is 0 Å². The Morgan fingerprint density at radius 1 is 1.00 bits per heavy atom. The van der Waals surface area contributed by atoms with E-state index in [1.807, 2.05) is 0 Å². The molecule has 0 amide bonds. The van der Waals surface area contributed by atoms with Gasteiger partial charge in [0.05, 0.1) is 26.8 Å². The van der Waals surface area contributed by atoms with Crippen LogP contribution in [0.4, 0.5) is 11.4 Å². The number of ether oxygens (including phenoxy) is 1. The van der Waals surface area contributed by atoms with Gasteiger partial charge in [0.15, 0.2) is 0 Å². The highest BCUT2D eigenvalue weighted by molar-refractivity contribution is 6.05. The van der Waals surface area contributed by atoms with Crippen LogP contribution in [0.25, 0.3) is 0 Å². The number of hydrogen-bond donors (Lipinski definition) is 0. The third kappa shape index (κ3) is 4.32. The van der Waals surface area contributed by atoms with Crippen LogP contribution in [-0.2, 0) is 4.74 Å². The molecule has 1 heterocycles. The molecule has 0 unspecified atom stereocenters. The molecule has 0 aliphatic heterocycles. The summed E-state index contributed by atoms with van der Waals surface area (Å²) in [4.78, 5) is 34.5. The van der Waals surface area contributed by atoms with E-state index in [0.29, 0.717) is 11.4 Å². The highest BCUT2D eigenvalue weighted by Crippen LogP contribution is 2.18. The van der Waals surface area contributed by atoms with E-state index in [1.165, 1.54) is 42.5 Å². The summed E-state index contributed by atoms with van der Waals surface area (Å²) in [6, 6.07) is 10.3. The zero-order valence-corrected chi connectivity index (χ0v) is 15.8. The lowest BCUT2D eigenvalue weighted by atomic mass is 10.2. The number of esters is 1. The lowest BCUT2D eigenvalue weighted by molar-refractivity contribution is -0.385. The molecule has 0 atom stereocenters. The van der Waals surface area contributed by atoms with E-state index < -0.39 is 15.8 Å². The molecule has 3 aromatic rings. The molecule has 12 heteroatoms. The molecule has 0 radical (unpaired) electrons. The Balaban J connectivity index is 2.04. The van der Waals surface area contributed by atoms with E-state index in [-0.39, 0.29) is 28.4 Å². The van der Waals surface area contributed by atoms with Crippen LogP contribution in [0.15, 0.2) is 53.6 Å². The molecule has 0 aliphatic rings. The monoisotopic (exact) mass is 410 g/mol. The van der Waals surface area contributed by atoms with Crippen LogP contribution in [0.3, 0.4) is 0 Å². The molecule has 0 bridgehead atoms. The number of non-ortho nitro benzene ring substituents is 2. The number of nitro benzene ring substituents is 2. The van der Waals surface area contributed by atoms with Crippen LogP contribution in [-0.4, -0.2) is 36.8 Å². The summed E-state index contributed by atoms with van der Waals surface area (Å²) >= 11 is 0. The van der Waals surface area contributed by atoms with Gasteiger partial charge in [0.2, 0.25) is 5.90 Å². The van der Waals surface area contributed by atoms with Gasteiger partial charge in [0, 0.05) is 29.8 Å². The van der Waals surface area contributed by atoms with Crippen molar-refractivity contribution in [1.82, 2.24) is 15.1 Å². The lowest BCUT2D eigenvalue weighted by Gasteiger charge is -2.08. The molecule has 0 N–H and O–H groups in total. The molecule has 1 aromatic heterocycles. The standard InChI is InChI=1S/C18H14N6O6/c1-11-12(2)22(21-19-11)20-17(13-5-3-7-15(9-13)23(26)27)30-18(25)14-6-4-8-16(10-14)24(28)29/h3-10H,1-2H3. The number of carbonyl (C=O) groups is 1. The molecule has 12 nitrogen and oxygen atoms in total. The molecule has 30 heavy (non-hydrogen) atoms. The molecule has 0 aliphatic carbocycles. The zero-order valence-electron chi connectivity index (χ0n) is 15.8. The number of hydrogen-bond acceptors (Lipinski definition) is 9. The maximum atomic E-state index is 12.6. The van der Waals surface area contributed by atoms with E-state index in [0.717, 1.165) is 10.9 Å². The average molecular weight is 410 g/mol. The topological polar surface area (TPSA) is 156 Å². The van der Waals surface area contributed by atoms with Crippen molar-refractivity contribution < 1.29 is 19.4 Å². The second-order valence-corrected chi connectivity index (χ2v) is 6.06. The first-order chi connectivity index (χ1) is 14.3. The van der Waals surface area contributed by atoms with Crippen molar-refractivity contribution in [2.75, 3.05) is 0 Å². The van der Waals surface area contributed by atoms with Crippen LogP contribution in [0, 0.1) is 34.1 Å². The fourth-order valence-electron chi connectivity index (χ4n) is 2.36. The highest BCUT2D eigenvalue weighted by Gasteiger charge is 2.19. The van der Waals surface area contributed by atoms with Gasteiger partial charge in [-0.15, -0.1) is 15.0 Å². The first-order valence-corrected chi connectivity index (χ1v) is 8.45. The first-order valence-electron chi connectivity index (χ1n) is 8.45. The van der Waals surface area contributed by atoms with Gasteiger partial charge in [0.1, 0.15) is 0 Å².